The van der Waals surface area contributed by atoms with Crippen LogP contribution >= 0.6 is 0 Å². The molecule has 1 aromatic carbocycles. The maximum atomic E-state index is 12.5. The number of aryl methyl sites for hydroxylation is 1. The van der Waals surface area contributed by atoms with Crippen molar-refractivity contribution in [2.75, 3.05) is 13.2 Å². The zero-order valence-corrected chi connectivity index (χ0v) is 16.8. The third-order valence-corrected chi connectivity index (χ3v) is 5.75. The molecule has 0 bridgehead atoms. The van der Waals surface area contributed by atoms with Crippen molar-refractivity contribution in [3.63, 3.8) is 0 Å². The summed E-state index contributed by atoms with van der Waals surface area (Å²) in [7, 11) is -4.00. The van der Waals surface area contributed by atoms with Crippen LogP contribution in [0.15, 0.2) is 41.6 Å². The summed E-state index contributed by atoms with van der Waals surface area (Å²) in [5, 5.41) is 11.1. The second-order valence-corrected chi connectivity index (χ2v) is 8.36. The van der Waals surface area contributed by atoms with Crippen LogP contribution in [0.25, 0.3) is 0 Å². The average molecular weight is 425 g/mol. The molecule has 2 atom stereocenters. The van der Waals surface area contributed by atoms with Gasteiger partial charge in [-0.1, -0.05) is 22.7 Å². The van der Waals surface area contributed by atoms with Crippen LogP contribution in [0.3, 0.4) is 0 Å². The summed E-state index contributed by atoms with van der Waals surface area (Å²) in [6.07, 6.45) is 3.95. The molecule has 11 heteroatoms. The average Bonchev–Trinajstić information content (AvgIpc) is 3.16. The molecule has 1 fully saturated rings. The van der Waals surface area contributed by atoms with Gasteiger partial charge in [-0.25, -0.2) is 4.57 Å². The fourth-order valence-corrected chi connectivity index (χ4v) is 3.88. The number of hydrogen-bond donors (Lipinski definition) is 0. The van der Waals surface area contributed by atoms with Crippen molar-refractivity contribution < 1.29 is 27.0 Å². The predicted octanol–water partition coefficient (Wildman–Crippen LogP) is 2.42. The molecule has 1 aliphatic rings. The van der Waals surface area contributed by atoms with Gasteiger partial charge >= 0.3 is 5.95 Å². The van der Waals surface area contributed by atoms with Crippen LogP contribution in [0.2, 0.25) is 0 Å². The Hall–Kier alpha value is -2.34. The van der Waals surface area contributed by atoms with E-state index in [0.717, 1.165) is 18.4 Å². The zero-order chi connectivity index (χ0) is 20.9. The van der Waals surface area contributed by atoms with Crippen LogP contribution in [0.1, 0.15) is 24.8 Å². The van der Waals surface area contributed by atoms with Crippen molar-refractivity contribution in [3.8, 4) is 0 Å². The van der Waals surface area contributed by atoms with Gasteiger partial charge in [-0.05, 0) is 43.2 Å². The van der Waals surface area contributed by atoms with Crippen molar-refractivity contribution in [3.05, 3.63) is 52.3 Å². The molecule has 2 aromatic rings. The van der Waals surface area contributed by atoms with E-state index in [1.807, 2.05) is 6.92 Å². The summed E-state index contributed by atoms with van der Waals surface area (Å²) in [6, 6.07) is 6.28. The zero-order valence-electron chi connectivity index (χ0n) is 16.0. The number of rotatable bonds is 9. The highest BCUT2D eigenvalue weighted by atomic mass is 32.2. The molecule has 2 heterocycles. The minimum absolute atomic E-state index is 0.000406. The van der Waals surface area contributed by atoms with Gasteiger partial charge in [0.25, 0.3) is 10.1 Å². The van der Waals surface area contributed by atoms with Crippen molar-refractivity contribution in [1.29, 1.82) is 0 Å². The van der Waals surface area contributed by atoms with E-state index in [4.69, 9.17) is 13.7 Å². The standard InChI is InChI=1S/C18H23N3O7S/c1-14-5-7-16(8-6-14)29(24,25)27-13-15(28-17-4-2-3-11-26-17)12-20-10-9-19-18(20)21(22)23/h5-10,15,17H,2-4,11-13H2,1H3/t15-,17?/m0/s1. The first kappa shape index (κ1) is 21.4. The summed E-state index contributed by atoms with van der Waals surface area (Å²) in [5.41, 5.74) is 0.923. The SMILES string of the molecule is Cc1ccc(S(=O)(=O)OC[C@H](Cn2ccnc2[N+](=O)[O-])OC2CCCCO2)cc1. The number of nitro groups is 1. The van der Waals surface area contributed by atoms with E-state index in [9.17, 15) is 18.5 Å². The van der Waals surface area contributed by atoms with E-state index < -0.39 is 27.4 Å². The Balaban J connectivity index is 1.72. The van der Waals surface area contributed by atoms with Gasteiger partial charge in [0, 0.05) is 6.61 Å². The lowest BCUT2D eigenvalue weighted by Gasteiger charge is -2.27. The number of benzene rings is 1. The first-order chi connectivity index (χ1) is 13.8. The molecule has 0 spiro atoms. The van der Waals surface area contributed by atoms with Crippen LogP contribution in [-0.4, -0.2) is 48.5 Å². The van der Waals surface area contributed by atoms with E-state index in [-0.39, 0.29) is 24.0 Å². The third kappa shape index (κ3) is 5.82. The second kappa shape index (κ2) is 9.44. The molecule has 0 aliphatic carbocycles. The molecule has 1 saturated heterocycles. The minimum atomic E-state index is -4.00. The first-order valence-electron chi connectivity index (χ1n) is 9.24. The Morgan fingerprint density at radius 2 is 2.10 bits per heavy atom. The van der Waals surface area contributed by atoms with Gasteiger partial charge in [0.15, 0.2) is 6.29 Å². The summed E-state index contributed by atoms with van der Waals surface area (Å²) in [6.45, 7) is 2.08. The molecule has 0 saturated carbocycles. The van der Waals surface area contributed by atoms with Crippen molar-refractivity contribution in [2.24, 2.45) is 0 Å². The Morgan fingerprint density at radius 1 is 1.34 bits per heavy atom. The summed E-state index contributed by atoms with van der Waals surface area (Å²) >= 11 is 0. The second-order valence-electron chi connectivity index (χ2n) is 6.74. The molecule has 0 N–H and O–H groups in total. The number of imidazole rings is 1. The Morgan fingerprint density at radius 3 is 2.76 bits per heavy atom. The van der Waals surface area contributed by atoms with E-state index in [2.05, 4.69) is 4.98 Å². The van der Waals surface area contributed by atoms with Crippen molar-refractivity contribution in [1.82, 2.24) is 9.55 Å². The molecule has 10 nitrogen and oxygen atoms in total. The highest BCUT2D eigenvalue weighted by molar-refractivity contribution is 7.86. The van der Waals surface area contributed by atoms with E-state index in [1.165, 1.54) is 29.1 Å². The van der Waals surface area contributed by atoms with Crippen LogP contribution in [0.4, 0.5) is 5.95 Å². The monoisotopic (exact) mass is 425 g/mol. The van der Waals surface area contributed by atoms with Gasteiger partial charge in [-0.3, -0.25) is 4.18 Å². The van der Waals surface area contributed by atoms with Crippen LogP contribution in [0, 0.1) is 17.0 Å². The van der Waals surface area contributed by atoms with Gasteiger partial charge in [-0.2, -0.15) is 8.42 Å². The van der Waals surface area contributed by atoms with Gasteiger partial charge in [-0.15, -0.1) is 0 Å². The van der Waals surface area contributed by atoms with Crippen LogP contribution < -0.4 is 0 Å². The van der Waals surface area contributed by atoms with Crippen molar-refractivity contribution in [2.45, 2.75) is 50.0 Å². The third-order valence-electron chi connectivity index (χ3n) is 4.46. The number of hydrogen-bond acceptors (Lipinski definition) is 8. The van der Waals surface area contributed by atoms with Gasteiger partial charge in [0.1, 0.15) is 25.0 Å². The maximum Gasteiger partial charge on any atom is 0.434 e. The molecule has 0 amide bonds. The highest BCUT2D eigenvalue weighted by Crippen LogP contribution is 2.20. The highest BCUT2D eigenvalue weighted by Gasteiger charge is 2.27. The molecule has 0 radical (unpaired) electrons. The molecule has 1 aromatic heterocycles. The summed E-state index contributed by atoms with van der Waals surface area (Å²) in [4.78, 5) is 14.2. The normalized spacial score (nSPS) is 18.4. The molecule has 3 rings (SSSR count). The number of aromatic nitrogens is 2. The van der Waals surface area contributed by atoms with Gasteiger partial charge in [0.2, 0.25) is 0 Å². The Bertz CT molecular complexity index is 921. The first-order valence-corrected chi connectivity index (χ1v) is 10.6. The van der Waals surface area contributed by atoms with E-state index >= 15 is 0 Å². The molecule has 158 valence electrons. The molecule has 1 unspecified atom stereocenters. The van der Waals surface area contributed by atoms with Crippen LogP contribution in [-0.2, 0) is 30.3 Å². The Kier molecular flexibility index (Phi) is 6.96. The van der Waals surface area contributed by atoms with Crippen molar-refractivity contribution >= 4 is 16.1 Å². The van der Waals surface area contributed by atoms with E-state index in [0.29, 0.717) is 13.0 Å². The summed E-state index contributed by atoms with van der Waals surface area (Å²) < 4.78 is 42.9. The fraction of sp³-hybridized carbons (Fsp3) is 0.500. The molecular weight excluding hydrogens is 402 g/mol. The minimum Gasteiger partial charge on any atom is -0.390 e. The largest absolute Gasteiger partial charge is 0.434 e. The molecular formula is C18H23N3O7S. The fourth-order valence-electron chi connectivity index (χ4n) is 2.94. The summed E-state index contributed by atoms with van der Waals surface area (Å²) in [5.74, 6) is -0.357. The van der Waals surface area contributed by atoms with Gasteiger partial charge in [0.05, 0.1) is 11.5 Å². The maximum absolute atomic E-state index is 12.5. The smallest absolute Gasteiger partial charge is 0.390 e. The predicted molar refractivity (Wildman–Crippen MR) is 102 cm³/mol. The molecule has 29 heavy (non-hydrogen) atoms. The van der Waals surface area contributed by atoms with Gasteiger partial charge < -0.3 is 19.6 Å². The Labute approximate surface area is 168 Å². The quantitative estimate of drug-likeness (QED) is 0.341. The van der Waals surface area contributed by atoms with E-state index in [1.54, 1.807) is 12.1 Å². The molecule has 1 aliphatic heterocycles. The topological polar surface area (TPSA) is 123 Å². The number of ether oxygens (including phenoxy) is 2. The number of nitrogens with zero attached hydrogens (tertiary/aromatic N) is 3. The lowest BCUT2D eigenvalue weighted by atomic mass is 10.2. The lowest BCUT2D eigenvalue weighted by Crippen LogP contribution is -2.34. The van der Waals surface area contributed by atoms with Crippen LogP contribution in [0.5, 0.6) is 0 Å². The lowest BCUT2D eigenvalue weighted by molar-refractivity contribution is -0.397.